The van der Waals surface area contributed by atoms with Gasteiger partial charge in [0.25, 0.3) is 0 Å². The third kappa shape index (κ3) is 7.47. The second-order valence-corrected chi connectivity index (χ2v) is 9.97. The molecular formula is C25H31NO5S2. The Labute approximate surface area is 204 Å². The molecular weight excluding hydrogens is 458 g/mol. The highest BCUT2D eigenvalue weighted by atomic mass is 32.2. The van der Waals surface area contributed by atoms with Crippen LogP contribution in [0.2, 0.25) is 0 Å². The first-order valence-electron chi connectivity index (χ1n) is 10.3. The molecule has 0 N–H and O–H groups in total. The maximum atomic E-state index is 13.1. The summed E-state index contributed by atoms with van der Waals surface area (Å²) in [4.78, 5) is 27.7. The van der Waals surface area contributed by atoms with Crippen molar-refractivity contribution in [3.63, 3.8) is 0 Å². The number of methoxy groups -OCH3 is 2. The van der Waals surface area contributed by atoms with Crippen LogP contribution in [-0.2, 0) is 11.3 Å². The first-order valence-corrected chi connectivity index (χ1v) is 12.7. The minimum atomic E-state index is -0.674. The number of ether oxygens (including phenoxy) is 3. The molecule has 1 amide bonds. The van der Waals surface area contributed by atoms with E-state index in [0.29, 0.717) is 22.7 Å². The van der Waals surface area contributed by atoms with Gasteiger partial charge in [-0.15, -0.1) is 23.5 Å². The summed E-state index contributed by atoms with van der Waals surface area (Å²) in [6.07, 6.45) is 4.87. The number of ketones is 1. The van der Waals surface area contributed by atoms with Gasteiger partial charge in [-0.05, 0) is 38.8 Å². The number of hydrogen-bond donors (Lipinski definition) is 0. The quantitative estimate of drug-likeness (QED) is 0.298. The smallest absolute Gasteiger partial charge is 0.415 e. The van der Waals surface area contributed by atoms with Crippen LogP contribution in [0.3, 0.4) is 0 Å². The molecule has 0 radical (unpaired) electrons. The molecule has 0 fully saturated rings. The highest BCUT2D eigenvalue weighted by Crippen LogP contribution is 2.37. The first-order chi connectivity index (χ1) is 15.6. The second kappa shape index (κ2) is 12.0. The van der Waals surface area contributed by atoms with E-state index in [-0.39, 0.29) is 12.3 Å². The molecule has 8 heteroatoms. The van der Waals surface area contributed by atoms with E-state index in [4.69, 9.17) is 14.2 Å². The largest absolute Gasteiger partial charge is 0.496 e. The third-order valence-corrected chi connectivity index (χ3v) is 6.54. The van der Waals surface area contributed by atoms with Crippen molar-refractivity contribution in [2.24, 2.45) is 0 Å². The molecule has 0 aliphatic rings. The monoisotopic (exact) mass is 489 g/mol. The maximum Gasteiger partial charge on any atom is 0.415 e. The topological polar surface area (TPSA) is 65.1 Å². The number of thioether (sulfide) groups is 2. The lowest BCUT2D eigenvalue weighted by atomic mass is 10.1. The van der Waals surface area contributed by atoms with E-state index in [1.165, 1.54) is 42.6 Å². The Hall–Kier alpha value is -2.58. The summed E-state index contributed by atoms with van der Waals surface area (Å²) in [6.45, 7) is 5.72. The zero-order valence-corrected chi connectivity index (χ0v) is 21.8. The molecule has 0 bridgehead atoms. The summed E-state index contributed by atoms with van der Waals surface area (Å²) in [7, 11) is 2.97. The molecule has 0 unspecified atom stereocenters. The van der Waals surface area contributed by atoms with Gasteiger partial charge in [0.05, 0.1) is 26.5 Å². The summed E-state index contributed by atoms with van der Waals surface area (Å²) < 4.78 is 17.6. The van der Waals surface area contributed by atoms with Crippen molar-refractivity contribution in [1.29, 1.82) is 0 Å². The van der Waals surface area contributed by atoms with Crippen molar-refractivity contribution in [2.45, 2.75) is 32.9 Å². The van der Waals surface area contributed by atoms with E-state index in [1.807, 2.05) is 63.6 Å². The van der Waals surface area contributed by atoms with Gasteiger partial charge in [-0.3, -0.25) is 9.69 Å². The van der Waals surface area contributed by atoms with Crippen molar-refractivity contribution >= 4 is 41.1 Å². The van der Waals surface area contributed by atoms with Gasteiger partial charge in [0.2, 0.25) is 0 Å². The first kappa shape index (κ1) is 26.7. The third-order valence-electron chi connectivity index (χ3n) is 4.50. The summed E-state index contributed by atoms with van der Waals surface area (Å²) in [5.74, 6) is 0.392. The molecule has 0 spiro atoms. The molecule has 178 valence electrons. The number of carbonyl (C=O) groups is 2. The predicted octanol–water partition coefficient (Wildman–Crippen LogP) is 6.40. The van der Waals surface area contributed by atoms with Gasteiger partial charge in [-0.25, -0.2) is 4.79 Å². The normalized spacial score (nSPS) is 10.9. The van der Waals surface area contributed by atoms with E-state index < -0.39 is 11.7 Å². The van der Waals surface area contributed by atoms with Gasteiger partial charge in [-0.1, -0.05) is 30.3 Å². The van der Waals surface area contributed by atoms with Crippen LogP contribution < -0.4 is 14.4 Å². The van der Waals surface area contributed by atoms with Gasteiger partial charge >= 0.3 is 6.09 Å². The standard InChI is InChI=1S/C25H31NO5S2/c1-25(2,3)31-24(28)26(16-17-11-9-8-10-12-17)18-13-20(29-4)23(21(14-18)30-5)19(27)15-22(32-6)33-7/h8-15H,16H2,1-7H3. The molecule has 6 nitrogen and oxygen atoms in total. The molecule has 2 aromatic carbocycles. The maximum absolute atomic E-state index is 13.1. The number of anilines is 1. The Morgan fingerprint density at radius 3 is 1.97 bits per heavy atom. The number of allylic oxidation sites excluding steroid dienone is 1. The van der Waals surface area contributed by atoms with Crippen LogP contribution >= 0.6 is 23.5 Å². The molecule has 0 saturated carbocycles. The number of nitrogens with zero attached hydrogens (tertiary/aromatic N) is 1. The Morgan fingerprint density at radius 2 is 1.52 bits per heavy atom. The molecule has 33 heavy (non-hydrogen) atoms. The fourth-order valence-electron chi connectivity index (χ4n) is 3.02. The van der Waals surface area contributed by atoms with Crippen molar-refractivity contribution in [3.8, 4) is 11.5 Å². The molecule has 0 aliphatic carbocycles. The summed E-state index contributed by atoms with van der Waals surface area (Å²) in [5, 5.41) is 0. The average Bonchev–Trinajstić information content (AvgIpc) is 2.79. The van der Waals surface area contributed by atoms with Crippen molar-refractivity contribution in [2.75, 3.05) is 31.6 Å². The second-order valence-electron chi connectivity index (χ2n) is 8.01. The van der Waals surface area contributed by atoms with Gasteiger partial charge < -0.3 is 14.2 Å². The fraction of sp³-hybridized carbons (Fsp3) is 0.360. The lowest BCUT2D eigenvalue weighted by Gasteiger charge is -2.28. The summed E-state index contributed by atoms with van der Waals surface area (Å²) in [6, 6.07) is 12.9. The van der Waals surface area contributed by atoms with E-state index >= 15 is 0 Å². The van der Waals surface area contributed by atoms with E-state index in [1.54, 1.807) is 18.2 Å². The van der Waals surface area contributed by atoms with Crippen LogP contribution in [0.25, 0.3) is 0 Å². The summed E-state index contributed by atoms with van der Waals surface area (Å²) >= 11 is 2.98. The van der Waals surface area contributed by atoms with Crippen LogP contribution in [0.5, 0.6) is 11.5 Å². The van der Waals surface area contributed by atoms with Crippen LogP contribution in [-0.4, -0.2) is 44.2 Å². The lowest BCUT2D eigenvalue weighted by Crippen LogP contribution is -2.36. The fourth-order valence-corrected chi connectivity index (χ4v) is 4.14. The SMILES string of the molecule is COc1cc(N(Cc2ccccc2)C(=O)OC(C)(C)C)cc(OC)c1C(=O)C=C(SC)SC. The molecule has 0 heterocycles. The Balaban J connectivity index is 2.60. The van der Waals surface area contributed by atoms with Gasteiger partial charge in [-0.2, -0.15) is 0 Å². The van der Waals surface area contributed by atoms with Gasteiger partial charge in [0, 0.05) is 22.4 Å². The molecule has 0 aliphatic heterocycles. The number of carbonyl (C=O) groups excluding carboxylic acids is 2. The molecule has 0 aromatic heterocycles. The minimum absolute atomic E-state index is 0.235. The zero-order chi connectivity index (χ0) is 24.6. The van der Waals surface area contributed by atoms with Gasteiger partial charge in [0.15, 0.2) is 5.78 Å². The molecule has 2 aromatic rings. The van der Waals surface area contributed by atoms with E-state index in [0.717, 1.165) is 9.80 Å². The molecule has 2 rings (SSSR count). The minimum Gasteiger partial charge on any atom is -0.496 e. The average molecular weight is 490 g/mol. The number of rotatable bonds is 9. The highest BCUT2D eigenvalue weighted by Gasteiger charge is 2.27. The van der Waals surface area contributed by atoms with Crippen molar-refractivity contribution < 1.29 is 23.8 Å². The van der Waals surface area contributed by atoms with Crippen LogP contribution in [0.1, 0.15) is 36.7 Å². The summed E-state index contributed by atoms with van der Waals surface area (Å²) in [5.41, 5.74) is 1.05. The van der Waals surface area contributed by atoms with Gasteiger partial charge in [0.1, 0.15) is 22.7 Å². The van der Waals surface area contributed by atoms with E-state index in [2.05, 4.69) is 0 Å². The highest BCUT2D eigenvalue weighted by molar-refractivity contribution is 8.21. The zero-order valence-electron chi connectivity index (χ0n) is 20.1. The number of amides is 1. The Morgan fingerprint density at radius 1 is 0.970 bits per heavy atom. The van der Waals surface area contributed by atoms with E-state index in [9.17, 15) is 9.59 Å². The number of benzene rings is 2. The Kier molecular flexibility index (Phi) is 9.73. The Bertz CT molecular complexity index is 969. The van der Waals surface area contributed by atoms with Crippen LogP contribution in [0.4, 0.5) is 10.5 Å². The van der Waals surface area contributed by atoms with Crippen molar-refractivity contribution in [3.05, 3.63) is 63.9 Å². The lowest BCUT2D eigenvalue weighted by molar-refractivity contribution is 0.0577. The molecule has 0 saturated heterocycles. The molecule has 0 atom stereocenters. The van der Waals surface area contributed by atoms with Crippen molar-refractivity contribution in [1.82, 2.24) is 0 Å². The van der Waals surface area contributed by atoms with Crippen LogP contribution in [0, 0.1) is 0 Å². The van der Waals surface area contributed by atoms with Crippen LogP contribution in [0.15, 0.2) is 52.8 Å². The predicted molar refractivity (Wildman–Crippen MR) is 138 cm³/mol. The number of hydrogen-bond acceptors (Lipinski definition) is 7.